The molecule has 9 heteroatoms. The summed E-state index contributed by atoms with van der Waals surface area (Å²) in [4.78, 5) is 17.8. The summed E-state index contributed by atoms with van der Waals surface area (Å²) in [6, 6.07) is 3.30. The number of nitrogens with zero attached hydrogens (tertiary/aromatic N) is 3. The van der Waals surface area contributed by atoms with Gasteiger partial charge in [-0.2, -0.15) is 4.98 Å². The van der Waals surface area contributed by atoms with E-state index in [0.29, 0.717) is 12.4 Å². The molecule has 0 aromatic carbocycles. The van der Waals surface area contributed by atoms with Crippen molar-refractivity contribution in [1.29, 1.82) is 0 Å². The normalized spacial score (nSPS) is 12.1. The van der Waals surface area contributed by atoms with E-state index < -0.39 is 4.92 Å². The van der Waals surface area contributed by atoms with Crippen molar-refractivity contribution in [3.8, 4) is 0 Å². The van der Waals surface area contributed by atoms with E-state index in [2.05, 4.69) is 15.3 Å². The standard InChI is InChI=1S/C12H15N5O4/c1-7-3-4-10(21-7)8(6-20-2)15-12-14-5-9(17(18)19)11(13)16-12/h3-5,8H,6H2,1-2H3,(H3,13,14,15,16). The number of aromatic nitrogens is 2. The predicted molar refractivity (Wildman–Crippen MR) is 74.8 cm³/mol. The largest absolute Gasteiger partial charge is 0.464 e. The van der Waals surface area contributed by atoms with E-state index in [4.69, 9.17) is 14.9 Å². The lowest BCUT2D eigenvalue weighted by Crippen LogP contribution is -2.18. The molecule has 0 fully saturated rings. The Hall–Kier alpha value is -2.68. The van der Waals surface area contributed by atoms with Crippen LogP contribution in [0.3, 0.4) is 0 Å². The maximum atomic E-state index is 10.7. The van der Waals surface area contributed by atoms with Gasteiger partial charge in [0, 0.05) is 7.11 Å². The van der Waals surface area contributed by atoms with Crippen LogP contribution in [0.4, 0.5) is 17.5 Å². The number of aryl methyl sites for hydroxylation is 1. The molecule has 2 rings (SSSR count). The summed E-state index contributed by atoms with van der Waals surface area (Å²) in [5, 5.41) is 13.6. The Balaban J connectivity index is 2.21. The number of nitrogens with two attached hydrogens (primary N) is 1. The number of ether oxygens (including phenoxy) is 1. The molecule has 0 aliphatic carbocycles. The van der Waals surface area contributed by atoms with Gasteiger partial charge in [0.25, 0.3) is 0 Å². The highest BCUT2D eigenvalue weighted by molar-refractivity contribution is 5.53. The van der Waals surface area contributed by atoms with Crippen LogP contribution >= 0.6 is 0 Å². The van der Waals surface area contributed by atoms with Crippen LogP contribution in [0.2, 0.25) is 0 Å². The fourth-order valence-corrected chi connectivity index (χ4v) is 1.76. The number of hydrogen-bond acceptors (Lipinski definition) is 8. The summed E-state index contributed by atoms with van der Waals surface area (Å²) in [5.74, 6) is 1.37. The van der Waals surface area contributed by atoms with Gasteiger partial charge in [0.05, 0.1) is 11.5 Å². The summed E-state index contributed by atoms with van der Waals surface area (Å²) < 4.78 is 10.6. The van der Waals surface area contributed by atoms with E-state index in [1.54, 1.807) is 13.2 Å². The molecule has 0 amide bonds. The van der Waals surface area contributed by atoms with Crippen molar-refractivity contribution < 1.29 is 14.1 Å². The maximum Gasteiger partial charge on any atom is 0.329 e. The highest BCUT2D eigenvalue weighted by Crippen LogP contribution is 2.23. The van der Waals surface area contributed by atoms with Crippen LogP contribution in [0.5, 0.6) is 0 Å². The minimum atomic E-state index is -0.637. The minimum Gasteiger partial charge on any atom is -0.464 e. The molecule has 0 spiro atoms. The average Bonchev–Trinajstić information content (AvgIpc) is 2.84. The second-order valence-electron chi connectivity index (χ2n) is 4.32. The lowest BCUT2D eigenvalue weighted by molar-refractivity contribution is -0.384. The Morgan fingerprint density at radius 2 is 2.33 bits per heavy atom. The smallest absolute Gasteiger partial charge is 0.329 e. The van der Waals surface area contributed by atoms with Crippen molar-refractivity contribution in [2.45, 2.75) is 13.0 Å². The summed E-state index contributed by atoms with van der Waals surface area (Å²) in [5.41, 5.74) is 5.19. The van der Waals surface area contributed by atoms with E-state index in [1.165, 1.54) is 0 Å². The van der Waals surface area contributed by atoms with Gasteiger partial charge in [-0.15, -0.1) is 0 Å². The van der Waals surface area contributed by atoms with Gasteiger partial charge in [-0.1, -0.05) is 0 Å². The molecule has 0 aliphatic heterocycles. The van der Waals surface area contributed by atoms with Crippen molar-refractivity contribution >= 4 is 17.5 Å². The fourth-order valence-electron chi connectivity index (χ4n) is 1.76. The number of hydrogen-bond donors (Lipinski definition) is 2. The van der Waals surface area contributed by atoms with Crippen LogP contribution in [-0.2, 0) is 4.74 Å². The molecule has 0 saturated carbocycles. The van der Waals surface area contributed by atoms with Crippen LogP contribution < -0.4 is 11.1 Å². The first kappa shape index (κ1) is 14.7. The maximum absolute atomic E-state index is 10.7. The summed E-state index contributed by atoms with van der Waals surface area (Å²) in [7, 11) is 1.55. The van der Waals surface area contributed by atoms with Crippen molar-refractivity contribution in [3.05, 3.63) is 40.0 Å². The first-order chi connectivity index (χ1) is 10.0. The highest BCUT2D eigenvalue weighted by atomic mass is 16.6. The van der Waals surface area contributed by atoms with Gasteiger partial charge in [-0.3, -0.25) is 10.1 Å². The van der Waals surface area contributed by atoms with Gasteiger partial charge >= 0.3 is 5.69 Å². The molecule has 3 N–H and O–H groups in total. The first-order valence-corrected chi connectivity index (χ1v) is 6.10. The van der Waals surface area contributed by atoms with Crippen LogP contribution in [0.1, 0.15) is 17.6 Å². The van der Waals surface area contributed by atoms with E-state index in [9.17, 15) is 10.1 Å². The van der Waals surface area contributed by atoms with Crippen molar-refractivity contribution in [1.82, 2.24) is 9.97 Å². The van der Waals surface area contributed by atoms with Crippen molar-refractivity contribution in [2.75, 3.05) is 24.8 Å². The van der Waals surface area contributed by atoms with E-state index in [-0.39, 0.29) is 23.5 Å². The monoisotopic (exact) mass is 293 g/mol. The molecule has 2 heterocycles. The number of nitro groups is 1. The minimum absolute atomic E-state index is 0.161. The van der Waals surface area contributed by atoms with Gasteiger partial charge in [0.2, 0.25) is 11.8 Å². The third kappa shape index (κ3) is 3.45. The Morgan fingerprint density at radius 1 is 1.57 bits per heavy atom. The Morgan fingerprint density at radius 3 is 2.86 bits per heavy atom. The van der Waals surface area contributed by atoms with E-state index in [1.807, 2.05) is 13.0 Å². The second kappa shape index (κ2) is 6.18. The van der Waals surface area contributed by atoms with Gasteiger partial charge < -0.3 is 20.2 Å². The van der Waals surface area contributed by atoms with Gasteiger partial charge in [0.15, 0.2) is 0 Å². The number of furan rings is 1. The van der Waals surface area contributed by atoms with Crippen molar-refractivity contribution in [2.24, 2.45) is 0 Å². The van der Waals surface area contributed by atoms with Crippen molar-refractivity contribution in [3.63, 3.8) is 0 Å². The molecule has 0 bridgehead atoms. The molecular formula is C12H15N5O4. The molecule has 1 unspecified atom stereocenters. The molecule has 0 aliphatic rings. The van der Waals surface area contributed by atoms with Gasteiger partial charge in [-0.25, -0.2) is 4.98 Å². The quantitative estimate of drug-likeness (QED) is 0.607. The number of nitrogen functional groups attached to an aromatic ring is 1. The zero-order valence-corrected chi connectivity index (χ0v) is 11.6. The molecule has 1 atom stereocenters. The zero-order chi connectivity index (χ0) is 15.4. The van der Waals surface area contributed by atoms with E-state index >= 15 is 0 Å². The molecular weight excluding hydrogens is 278 g/mol. The van der Waals surface area contributed by atoms with Gasteiger partial charge in [-0.05, 0) is 19.1 Å². The topological polar surface area (TPSA) is 129 Å². The molecule has 0 saturated heterocycles. The fraction of sp³-hybridized carbons (Fsp3) is 0.333. The van der Waals surface area contributed by atoms with Crippen LogP contribution in [0.25, 0.3) is 0 Å². The van der Waals surface area contributed by atoms with Crippen LogP contribution in [0, 0.1) is 17.0 Å². The molecule has 2 aromatic heterocycles. The molecule has 2 aromatic rings. The Kier molecular flexibility index (Phi) is 4.33. The second-order valence-corrected chi connectivity index (χ2v) is 4.32. The first-order valence-electron chi connectivity index (χ1n) is 6.10. The number of nitrogens with one attached hydrogen (secondary N) is 1. The Bertz CT molecular complexity index is 642. The lowest BCUT2D eigenvalue weighted by atomic mass is 10.2. The Labute approximate surface area is 120 Å². The van der Waals surface area contributed by atoms with Crippen LogP contribution in [0.15, 0.2) is 22.7 Å². The van der Waals surface area contributed by atoms with E-state index in [0.717, 1.165) is 12.0 Å². The lowest BCUT2D eigenvalue weighted by Gasteiger charge is -2.15. The summed E-state index contributed by atoms with van der Waals surface area (Å²) in [6.45, 7) is 2.14. The third-order valence-corrected chi connectivity index (χ3v) is 2.74. The summed E-state index contributed by atoms with van der Waals surface area (Å²) >= 11 is 0. The number of methoxy groups -OCH3 is 1. The number of rotatable bonds is 6. The summed E-state index contributed by atoms with van der Waals surface area (Å²) in [6.07, 6.45) is 1.06. The molecule has 112 valence electrons. The number of anilines is 2. The molecule has 21 heavy (non-hydrogen) atoms. The SMILES string of the molecule is COCC(Nc1ncc([N+](=O)[O-])c(N)n1)c1ccc(C)o1. The van der Waals surface area contributed by atoms with Crippen LogP contribution in [-0.4, -0.2) is 28.6 Å². The zero-order valence-electron chi connectivity index (χ0n) is 11.6. The van der Waals surface area contributed by atoms with Gasteiger partial charge in [0.1, 0.15) is 23.8 Å². The molecule has 9 nitrogen and oxygen atoms in total. The molecule has 0 radical (unpaired) electrons. The predicted octanol–water partition coefficient (Wildman–Crippen LogP) is 1.67. The average molecular weight is 293 g/mol. The highest BCUT2D eigenvalue weighted by Gasteiger charge is 2.19. The third-order valence-electron chi connectivity index (χ3n) is 2.74.